The minimum absolute atomic E-state index is 0.450. The number of nitrogens with zero attached hydrogens (tertiary/aromatic N) is 3. The highest BCUT2D eigenvalue weighted by Gasteiger charge is 2.13. The molecule has 0 aliphatic rings. The fourth-order valence-corrected chi connectivity index (χ4v) is 3.21. The highest BCUT2D eigenvalue weighted by Crippen LogP contribution is 2.04. The molecule has 0 aromatic heterocycles. The Morgan fingerprint density at radius 1 is 0.680 bits per heavy atom. The summed E-state index contributed by atoms with van der Waals surface area (Å²) < 4.78 is 1.99. The number of rotatable bonds is 11. The van der Waals surface area contributed by atoms with Crippen LogP contribution in [-0.4, -0.2) is 84.3 Å². The Balaban J connectivity index is 4.56. The molecule has 0 aliphatic heterocycles. The smallest absolute Gasteiger partial charge is 0.133 e. The number of nitrogens with one attached hydrogen (secondary N) is 1. The van der Waals surface area contributed by atoms with Crippen LogP contribution in [0.5, 0.6) is 0 Å². The lowest BCUT2D eigenvalue weighted by Gasteiger charge is -2.31. The van der Waals surface area contributed by atoms with Crippen LogP contribution < -0.4 is 11.1 Å². The summed E-state index contributed by atoms with van der Waals surface area (Å²) in [5.74, 6) is 0. The second-order valence-corrected chi connectivity index (χ2v) is 9.33. The van der Waals surface area contributed by atoms with E-state index in [0.29, 0.717) is 69.6 Å². The molecule has 144 valence electrons. The van der Waals surface area contributed by atoms with Crippen molar-refractivity contribution in [3.05, 3.63) is 0 Å². The summed E-state index contributed by atoms with van der Waals surface area (Å²) in [5.41, 5.74) is 5.59. The van der Waals surface area contributed by atoms with Crippen molar-refractivity contribution < 1.29 is 0 Å². The van der Waals surface area contributed by atoms with E-state index in [1.54, 1.807) is 0 Å². The van der Waals surface area contributed by atoms with Gasteiger partial charge in [-0.05, 0) is 0 Å². The number of nitrogens with two attached hydrogens (primary N) is 1. The first-order valence-electron chi connectivity index (χ1n) is 7.29. The lowest BCUT2D eigenvalue weighted by molar-refractivity contribution is 0.322. The van der Waals surface area contributed by atoms with Crippen molar-refractivity contribution in [3.8, 4) is 0 Å². The predicted molar refractivity (Wildman–Crippen MR) is 138 cm³/mol. The van der Waals surface area contributed by atoms with E-state index in [4.69, 9.17) is 54.6 Å². The van der Waals surface area contributed by atoms with Crippen molar-refractivity contribution >= 4 is 117 Å². The van der Waals surface area contributed by atoms with E-state index in [1.165, 1.54) is 0 Å². The molecule has 0 fully saturated rings. The molecule has 0 spiro atoms. The molecule has 0 atom stereocenters. The zero-order valence-corrected chi connectivity index (χ0v) is 20.3. The van der Waals surface area contributed by atoms with Crippen molar-refractivity contribution in [1.29, 1.82) is 0 Å². The van der Waals surface area contributed by atoms with Gasteiger partial charge in [-0.2, -0.15) is 0 Å². The van der Waals surface area contributed by atoms with Crippen LogP contribution >= 0.6 is 99.4 Å². The quantitative estimate of drug-likeness (QED) is 0.189. The van der Waals surface area contributed by atoms with Crippen molar-refractivity contribution in [2.75, 3.05) is 52.4 Å². The second kappa shape index (κ2) is 14.9. The van der Waals surface area contributed by atoms with Crippen LogP contribution in [0.2, 0.25) is 0 Å². The molecule has 0 rings (SSSR count). The molecule has 3 N–H and O–H groups in total. The molecule has 0 saturated heterocycles. The summed E-state index contributed by atoms with van der Waals surface area (Å²) in [6.07, 6.45) is 0. The van der Waals surface area contributed by atoms with Gasteiger partial charge in [0.1, 0.15) is 17.3 Å². The van der Waals surface area contributed by atoms with Crippen LogP contribution in [-0.2, 0) is 0 Å². The Kier molecular flexibility index (Phi) is 15.5. The largest absolute Gasteiger partial charge is 0.369 e. The van der Waals surface area contributed by atoms with E-state index in [-0.39, 0.29) is 0 Å². The topological polar surface area (TPSA) is 47.8 Å². The van der Waals surface area contributed by atoms with Crippen molar-refractivity contribution in [2.24, 2.45) is 5.73 Å². The molecular formula is C12H23N5S8. The maximum Gasteiger partial charge on any atom is 0.133 e. The van der Waals surface area contributed by atoms with Gasteiger partial charge in [-0.25, -0.2) is 0 Å². The molecule has 0 saturated carbocycles. The monoisotopic (exact) mass is 493 g/mol. The first-order chi connectivity index (χ1) is 11.7. The van der Waals surface area contributed by atoms with E-state index in [9.17, 15) is 0 Å². The van der Waals surface area contributed by atoms with Gasteiger partial charge in [0, 0.05) is 52.4 Å². The Morgan fingerprint density at radius 3 is 1.36 bits per heavy atom. The Bertz CT molecular complexity index is 474. The van der Waals surface area contributed by atoms with E-state index in [1.807, 2.05) is 14.7 Å². The molecule has 0 aromatic rings. The van der Waals surface area contributed by atoms with Crippen LogP contribution in [0.1, 0.15) is 0 Å². The lowest BCUT2D eigenvalue weighted by atomic mass is 10.4. The third kappa shape index (κ3) is 12.8. The SMILES string of the molecule is NCCN(CCN(CCN(CCNC(=S)S)C(=S)S)C(=S)S)C(=S)S. The van der Waals surface area contributed by atoms with Crippen LogP contribution in [0.4, 0.5) is 0 Å². The molecule has 0 unspecified atom stereocenters. The summed E-state index contributed by atoms with van der Waals surface area (Å²) in [5, 5.41) is 2.97. The van der Waals surface area contributed by atoms with Gasteiger partial charge in [-0.3, -0.25) is 0 Å². The number of hydrogen-bond donors (Lipinski definition) is 6. The fourth-order valence-electron chi connectivity index (χ4n) is 1.85. The average molecular weight is 494 g/mol. The van der Waals surface area contributed by atoms with Crippen LogP contribution in [0.15, 0.2) is 0 Å². The zero-order chi connectivity index (χ0) is 19.4. The molecule has 0 aliphatic carbocycles. The standard InChI is InChI=1S/C12H23N5S8/c13-1-3-15(10(20)21)5-7-17(12(24)25)8-6-16(11(22)23)4-2-14-9(18)19/h1-8,13H2,(H,20,21)(H,22,23)(H,24,25)(H2,14,18,19). The van der Waals surface area contributed by atoms with E-state index in [0.717, 1.165) is 0 Å². The molecule has 0 heterocycles. The molecule has 0 bridgehead atoms. The third-order valence-corrected chi connectivity index (χ3v) is 5.07. The maximum atomic E-state index is 5.59. The van der Waals surface area contributed by atoms with Gasteiger partial charge in [-0.15, -0.1) is 50.5 Å². The van der Waals surface area contributed by atoms with E-state index >= 15 is 0 Å². The Morgan fingerprint density at radius 2 is 1.04 bits per heavy atom. The highest BCUT2D eigenvalue weighted by atomic mass is 32.1. The fraction of sp³-hybridized carbons (Fsp3) is 0.667. The van der Waals surface area contributed by atoms with Gasteiger partial charge in [0.05, 0.1) is 0 Å². The lowest BCUT2D eigenvalue weighted by Crippen LogP contribution is -2.44. The number of hydrogen-bond acceptors (Lipinski definition) is 5. The summed E-state index contributed by atoms with van der Waals surface area (Å²) in [7, 11) is 0. The molecule has 0 radical (unpaired) electrons. The number of thiocarbonyl (C=S) groups is 4. The third-order valence-electron chi connectivity index (χ3n) is 3.15. The van der Waals surface area contributed by atoms with Gasteiger partial charge in [0.25, 0.3) is 0 Å². The van der Waals surface area contributed by atoms with Crippen molar-refractivity contribution in [1.82, 2.24) is 20.0 Å². The van der Waals surface area contributed by atoms with Crippen LogP contribution in [0, 0.1) is 0 Å². The van der Waals surface area contributed by atoms with Gasteiger partial charge in [-0.1, -0.05) is 48.9 Å². The first-order valence-corrected chi connectivity index (χ1v) is 10.7. The zero-order valence-electron chi connectivity index (χ0n) is 13.5. The van der Waals surface area contributed by atoms with Gasteiger partial charge >= 0.3 is 0 Å². The van der Waals surface area contributed by atoms with E-state index < -0.39 is 0 Å². The minimum atomic E-state index is 0.450. The average Bonchev–Trinajstić information content (AvgIpc) is 2.50. The van der Waals surface area contributed by atoms with Crippen molar-refractivity contribution in [2.45, 2.75) is 0 Å². The summed E-state index contributed by atoms with van der Waals surface area (Å²) in [6, 6.07) is 0. The molecule has 0 aromatic carbocycles. The highest BCUT2D eigenvalue weighted by molar-refractivity contribution is 8.11. The molecule has 25 heavy (non-hydrogen) atoms. The molecule has 5 nitrogen and oxygen atoms in total. The molecular weight excluding hydrogens is 471 g/mol. The van der Waals surface area contributed by atoms with Crippen molar-refractivity contribution in [3.63, 3.8) is 0 Å². The molecule has 0 amide bonds. The van der Waals surface area contributed by atoms with Crippen LogP contribution in [0.3, 0.4) is 0 Å². The van der Waals surface area contributed by atoms with Gasteiger partial charge in [0.2, 0.25) is 0 Å². The Labute approximate surface area is 193 Å². The summed E-state index contributed by atoms with van der Waals surface area (Å²) in [6.45, 7) is 5.10. The Hall–Kier alpha value is 0.920. The summed E-state index contributed by atoms with van der Waals surface area (Å²) in [4.78, 5) is 5.86. The summed E-state index contributed by atoms with van der Waals surface area (Å²) >= 11 is 37.2. The predicted octanol–water partition coefficient (Wildman–Crippen LogP) is 1.30. The van der Waals surface area contributed by atoms with E-state index in [2.05, 4.69) is 55.8 Å². The minimum Gasteiger partial charge on any atom is -0.369 e. The molecule has 13 heteroatoms. The first kappa shape index (κ1) is 25.9. The van der Waals surface area contributed by atoms with Gasteiger partial charge in [0.15, 0.2) is 0 Å². The number of thiol groups is 4. The second-order valence-electron chi connectivity index (χ2n) is 4.83. The van der Waals surface area contributed by atoms with Crippen LogP contribution in [0.25, 0.3) is 0 Å². The normalized spacial score (nSPS) is 10.1. The van der Waals surface area contributed by atoms with Gasteiger partial charge < -0.3 is 25.8 Å². The maximum absolute atomic E-state index is 5.59.